The predicted octanol–water partition coefficient (Wildman–Crippen LogP) is 0.770. The van der Waals surface area contributed by atoms with E-state index in [1.165, 1.54) is 0 Å². The lowest BCUT2D eigenvalue weighted by molar-refractivity contribution is -0.125. The molecule has 1 amide bonds. The molecule has 1 N–H and O–H groups in total. The molecule has 0 spiro atoms. The molecular formula is C8H13NO4S. The Morgan fingerprint density at radius 2 is 1.93 bits per heavy atom. The van der Waals surface area contributed by atoms with Crippen molar-refractivity contribution >= 4 is 16.0 Å². The van der Waals surface area contributed by atoms with Gasteiger partial charge in [-0.15, -0.1) is 0 Å². The standard InChI is InChI=1S/C6H9NO.C2H4O3S/c1-2-7-5-3-4-6(7)8;1-2-6(3,4)5/h2H,1,3-5H2;2H,1H2,(H,3,4,5). The smallest absolute Gasteiger partial charge is 0.287 e. The van der Waals surface area contributed by atoms with Crippen LogP contribution in [0.25, 0.3) is 0 Å². The highest BCUT2D eigenvalue weighted by Crippen LogP contribution is 2.08. The zero-order chi connectivity index (χ0) is 11.2. The SMILES string of the molecule is C=CN1CCCC1=O.C=CS(=O)(=O)O. The minimum atomic E-state index is -3.90. The van der Waals surface area contributed by atoms with E-state index in [1.807, 2.05) is 0 Å². The van der Waals surface area contributed by atoms with E-state index in [0.29, 0.717) is 11.8 Å². The van der Waals surface area contributed by atoms with Gasteiger partial charge in [-0.1, -0.05) is 13.2 Å². The second-order valence-electron chi connectivity index (χ2n) is 2.55. The molecule has 0 aromatic heterocycles. The van der Waals surface area contributed by atoms with E-state index in [0.717, 1.165) is 13.0 Å². The molecule has 1 aliphatic rings. The van der Waals surface area contributed by atoms with Crippen LogP contribution in [0.15, 0.2) is 24.8 Å². The Morgan fingerprint density at radius 3 is 2.07 bits per heavy atom. The number of carbonyl (C=O) groups is 1. The topological polar surface area (TPSA) is 74.7 Å². The molecule has 0 bridgehead atoms. The number of rotatable bonds is 2. The fraction of sp³-hybridized carbons (Fsp3) is 0.375. The summed E-state index contributed by atoms with van der Waals surface area (Å²) in [5.41, 5.74) is 0. The Labute approximate surface area is 83.5 Å². The Balaban J connectivity index is 0.000000255. The van der Waals surface area contributed by atoms with Crippen molar-refractivity contribution in [3.63, 3.8) is 0 Å². The zero-order valence-electron chi connectivity index (χ0n) is 7.72. The van der Waals surface area contributed by atoms with Crippen LogP contribution in [0.2, 0.25) is 0 Å². The van der Waals surface area contributed by atoms with Crippen LogP contribution >= 0.6 is 0 Å². The molecule has 1 fully saturated rings. The third kappa shape index (κ3) is 5.50. The molecule has 6 heteroatoms. The van der Waals surface area contributed by atoms with Crippen molar-refractivity contribution in [1.29, 1.82) is 0 Å². The molecule has 0 unspecified atom stereocenters. The predicted molar refractivity (Wildman–Crippen MR) is 52.9 cm³/mol. The molecule has 0 radical (unpaired) electrons. The molecule has 1 heterocycles. The number of nitrogens with zero attached hydrogens (tertiary/aromatic N) is 1. The lowest BCUT2D eigenvalue weighted by atomic mass is 10.4. The van der Waals surface area contributed by atoms with Gasteiger partial charge in [0.15, 0.2) is 0 Å². The quantitative estimate of drug-likeness (QED) is 0.696. The van der Waals surface area contributed by atoms with Crippen LogP contribution in [0.1, 0.15) is 12.8 Å². The van der Waals surface area contributed by atoms with Crippen molar-refractivity contribution in [3.05, 3.63) is 24.8 Å². The summed E-state index contributed by atoms with van der Waals surface area (Å²) in [6.45, 7) is 7.16. The molecule has 0 saturated carbocycles. The Morgan fingerprint density at radius 1 is 1.43 bits per heavy atom. The Hall–Kier alpha value is -1.14. The molecule has 1 aliphatic heterocycles. The first kappa shape index (κ1) is 12.9. The van der Waals surface area contributed by atoms with E-state index >= 15 is 0 Å². The molecule has 14 heavy (non-hydrogen) atoms. The largest absolute Gasteiger partial charge is 0.320 e. The van der Waals surface area contributed by atoms with Crippen molar-refractivity contribution in [2.75, 3.05) is 6.54 Å². The average Bonchev–Trinajstić information content (AvgIpc) is 2.51. The van der Waals surface area contributed by atoms with Gasteiger partial charge in [-0.3, -0.25) is 9.35 Å². The summed E-state index contributed by atoms with van der Waals surface area (Å²) in [6.07, 6.45) is 3.28. The van der Waals surface area contributed by atoms with Crippen LogP contribution in [0.5, 0.6) is 0 Å². The normalized spacial score (nSPS) is 15.8. The highest BCUT2D eigenvalue weighted by atomic mass is 32.2. The van der Waals surface area contributed by atoms with Crippen LogP contribution < -0.4 is 0 Å². The Bertz CT molecular complexity index is 309. The van der Waals surface area contributed by atoms with E-state index < -0.39 is 10.1 Å². The first-order valence-corrected chi connectivity index (χ1v) is 5.43. The van der Waals surface area contributed by atoms with Crippen LogP contribution in [0.3, 0.4) is 0 Å². The highest BCUT2D eigenvalue weighted by molar-refractivity contribution is 7.88. The van der Waals surface area contributed by atoms with E-state index in [1.54, 1.807) is 11.1 Å². The number of amides is 1. The van der Waals surface area contributed by atoms with Crippen LogP contribution in [0, 0.1) is 0 Å². The number of likely N-dealkylation sites (tertiary alicyclic amines) is 1. The summed E-state index contributed by atoms with van der Waals surface area (Å²) < 4.78 is 26.6. The van der Waals surface area contributed by atoms with Crippen molar-refractivity contribution < 1.29 is 17.8 Å². The van der Waals surface area contributed by atoms with Gasteiger partial charge in [0.2, 0.25) is 5.91 Å². The van der Waals surface area contributed by atoms with E-state index in [2.05, 4.69) is 13.2 Å². The molecule has 1 saturated heterocycles. The third-order valence-corrected chi connectivity index (χ3v) is 1.96. The molecule has 80 valence electrons. The average molecular weight is 219 g/mol. The lowest BCUT2D eigenvalue weighted by Crippen LogP contribution is -2.16. The van der Waals surface area contributed by atoms with E-state index in [-0.39, 0.29) is 5.91 Å². The number of hydrogen-bond donors (Lipinski definition) is 1. The highest BCUT2D eigenvalue weighted by Gasteiger charge is 2.15. The van der Waals surface area contributed by atoms with E-state index in [4.69, 9.17) is 4.55 Å². The minimum absolute atomic E-state index is 0.208. The molecule has 0 atom stereocenters. The fourth-order valence-electron chi connectivity index (χ4n) is 0.862. The summed E-state index contributed by atoms with van der Waals surface area (Å²) in [5, 5.41) is 0.465. The summed E-state index contributed by atoms with van der Waals surface area (Å²) in [4.78, 5) is 12.3. The Kier molecular flexibility index (Phi) is 5.11. The van der Waals surface area contributed by atoms with Crippen molar-refractivity contribution in [2.24, 2.45) is 0 Å². The molecule has 0 aliphatic carbocycles. The van der Waals surface area contributed by atoms with Gasteiger partial charge in [-0.05, 0) is 12.6 Å². The monoisotopic (exact) mass is 219 g/mol. The van der Waals surface area contributed by atoms with Crippen molar-refractivity contribution in [2.45, 2.75) is 12.8 Å². The lowest BCUT2D eigenvalue weighted by Gasteiger charge is -2.05. The van der Waals surface area contributed by atoms with Crippen LogP contribution in [-0.4, -0.2) is 30.3 Å². The molecule has 1 rings (SSSR count). The van der Waals surface area contributed by atoms with E-state index in [9.17, 15) is 13.2 Å². The maximum atomic E-state index is 10.7. The summed E-state index contributed by atoms with van der Waals surface area (Å²) in [6, 6.07) is 0. The van der Waals surface area contributed by atoms with Gasteiger partial charge in [0.05, 0.1) is 5.41 Å². The molecule has 0 aromatic rings. The zero-order valence-corrected chi connectivity index (χ0v) is 8.53. The van der Waals surface area contributed by atoms with Crippen molar-refractivity contribution in [3.8, 4) is 0 Å². The first-order chi connectivity index (χ1) is 6.40. The maximum Gasteiger partial charge on any atom is 0.287 e. The summed E-state index contributed by atoms with van der Waals surface area (Å²) >= 11 is 0. The summed E-state index contributed by atoms with van der Waals surface area (Å²) in [7, 11) is -3.90. The van der Waals surface area contributed by atoms with Gasteiger partial charge in [0.25, 0.3) is 10.1 Å². The van der Waals surface area contributed by atoms with Crippen LogP contribution in [-0.2, 0) is 14.9 Å². The molecule has 5 nitrogen and oxygen atoms in total. The van der Waals surface area contributed by atoms with Crippen molar-refractivity contribution in [1.82, 2.24) is 4.90 Å². The van der Waals surface area contributed by atoms with Gasteiger partial charge < -0.3 is 4.90 Å². The number of carbonyl (C=O) groups excluding carboxylic acids is 1. The van der Waals surface area contributed by atoms with Gasteiger partial charge in [0, 0.05) is 13.0 Å². The van der Waals surface area contributed by atoms with Gasteiger partial charge >= 0.3 is 0 Å². The summed E-state index contributed by atoms with van der Waals surface area (Å²) in [5.74, 6) is 0.208. The first-order valence-electron chi connectivity index (χ1n) is 3.92. The second kappa shape index (κ2) is 5.56. The number of hydrogen-bond acceptors (Lipinski definition) is 3. The molecular weight excluding hydrogens is 206 g/mol. The van der Waals surface area contributed by atoms with Crippen LogP contribution in [0.4, 0.5) is 0 Å². The van der Waals surface area contributed by atoms with Gasteiger partial charge in [-0.25, -0.2) is 0 Å². The maximum absolute atomic E-state index is 10.7. The third-order valence-electron chi connectivity index (χ3n) is 1.54. The molecule has 0 aromatic carbocycles. The van der Waals surface area contributed by atoms with Gasteiger partial charge in [-0.2, -0.15) is 8.42 Å². The minimum Gasteiger partial charge on any atom is -0.320 e. The fourth-order valence-corrected chi connectivity index (χ4v) is 0.862. The van der Waals surface area contributed by atoms with Gasteiger partial charge in [0.1, 0.15) is 0 Å². The second-order valence-corrected chi connectivity index (χ2v) is 3.92.